The number of hydrogen-bond donors (Lipinski definition) is 0. The molecule has 0 spiro atoms. The number of rotatable bonds is 5. The molecule has 0 radical (unpaired) electrons. The molecule has 0 amide bonds. The molecule has 3 rings (SSSR count). The van der Waals surface area contributed by atoms with Gasteiger partial charge < -0.3 is 4.74 Å². The Morgan fingerprint density at radius 3 is 2.71 bits per heavy atom. The molecule has 110 valence electrons. The highest BCUT2D eigenvalue weighted by Crippen LogP contribution is 2.46. The molecule has 1 aliphatic carbocycles. The van der Waals surface area contributed by atoms with Gasteiger partial charge in [0.15, 0.2) is 0 Å². The maximum Gasteiger partial charge on any atom is 0.141 e. The first-order valence-electron chi connectivity index (χ1n) is 7.20. The highest BCUT2D eigenvalue weighted by molar-refractivity contribution is 6.17. The first-order valence-corrected chi connectivity index (χ1v) is 7.74. The van der Waals surface area contributed by atoms with Crippen molar-refractivity contribution in [2.45, 2.75) is 31.6 Å². The van der Waals surface area contributed by atoms with Gasteiger partial charge in [0.25, 0.3) is 0 Å². The van der Waals surface area contributed by atoms with Gasteiger partial charge in [-0.05, 0) is 55.5 Å². The van der Waals surface area contributed by atoms with E-state index in [0.717, 1.165) is 22.6 Å². The van der Waals surface area contributed by atoms with Crippen LogP contribution in [0.2, 0.25) is 0 Å². The van der Waals surface area contributed by atoms with E-state index in [-0.39, 0.29) is 5.82 Å². The minimum absolute atomic E-state index is 0.325. The van der Waals surface area contributed by atoms with E-state index in [1.165, 1.54) is 30.7 Å². The van der Waals surface area contributed by atoms with Crippen LogP contribution in [0.25, 0.3) is 11.3 Å². The molecular weight excluding hydrogens is 289 g/mol. The van der Waals surface area contributed by atoms with Gasteiger partial charge in [0.05, 0.1) is 24.4 Å². The molecule has 0 aliphatic heterocycles. The van der Waals surface area contributed by atoms with Gasteiger partial charge in [-0.15, -0.1) is 11.6 Å². The summed E-state index contributed by atoms with van der Waals surface area (Å²) in [6.07, 6.45) is 3.62. The minimum atomic E-state index is -0.325. The Balaban J connectivity index is 2.11. The van der Waals surface area contributed by atoms with Crippen LogP contribution in [0.3, 0.4) is 0 Å². The number of pyridine rings is 1. The van der Waals surface area contributed by atoms with Crippen LogP contribution in [0.4, 0.5) is 4.39 Å². The lowest BCUT2D eigenvalue weighted by atomic mass is 9.97. The maximum absolute atomic E-state index is 13.1. The van der Waals surface area contributed by atoms with E-state index in [9.17, 15) is 4.39 Å². The predicted molar refractivity (Wildman–Crippen MR) is 82.3 cm³/mol. The van der Waals surface area contributed by atoms with Crippen molar-refractivity contribution >= 4 is 11.6 Å². The number of alkyl halides is 1. The Morgan fingerprint density at radius 2 is 2.14 bits per heavy atom. The van der Waals surface area contributed by atoms with Gasteiger partial charge in [-0.1, -0.05) is 0 Å². The van der Waals surface area contributed by atoms with Gasteiger partial charge in [-0.2, -0.15) is 0 Å². The summed E-state index contributed by atoms with van der Waals surface area (Å²) in [5.41, 5.74) is 4.05. The Hall–Kier alpha value is -1.61. The molecule has 1 aliphatic rings. The van der Waals surface area contributed by atoms with Crippen molar-refractivity contribution < 1.29 is 9.13 Å². The van der Waals surface area contributed by atoms with Crippen LogP contribution >= 0.6 is 11.6 Å². The van der Waals surface area contributed by atoms with Crippen LogP contribution in [0.1, 0.15) is 36.8 Å². The number of aromatic nitrogens is 1. The van der Waals surface area contributed by atoms with Crippen LogP contribution in [-0.2, 0) is 5.88 Å². The quantitative estimate of drug-likeness (QED) is 0.733. The molecule has 4 heteroatoms. The zero-order valence-corrected chi connectivity index (χ0v) is 12.7. The highest BCUT2D eigenvalue weighted by Gasteiger charge is 2.28. The van der Waals surface area contributed by atoms with Crippen LogP contribution in [0.5, 0.6) is 5.75 Å². The third-order valence-electron chi connectivity index (χ3n) is 3.70. The molecule has 0 saturated heterocycles. The van der Waals surface area contributed by atoms with E-state index in [4.69, 9.17) is 16.3 Å². The average Bonchev–Trinajstić information content (AvgIpc) is 3.33. The van der Waals surface area contributed by atoms with Crippen molar-refractivity contribution in [1.29, 1.82) is 0 Å². The van der Waals surface area contributed by atoms with Crippen LogP contribution in [0, 0.1) is 5.82 Å². The number of ether oxygens (including phenoxy) is 1. The van der Waals surface area contributed by atoms with Gasteiger partial charge >= 0.3 is 0 Å². The molecular formula is C17H17ClFNO. The Morgan fingerprint density at radius 1 is 1.33 bits per heavy atom. The van der Waals surface area contributed by atoms with Crippen molar-refractivity contribution in [3.8, 4) is 17.0 Å². The molecule has 2 aromatic rings. The fourth-order valence-corrected chi connectivity index (χ4v) is 2.74. The van der Waals surface area contributed by atoms with Crippen LogP contribution < -0.4 is 4.74 Å². The maximum atomic E-state index is 13.1. The first kappa shape index (κ1) is 14.3. The third-order valence-corrected chi connectivity index (χ3v) is 3.98. The van der Waals surface area contributed by atoms with E-state index in [2.05, 4.69) is 11.1 Å². The molecule has 1 aromatic heterocycles. The summed E-state index contributed by atoms with van der Waals surface area (Å²) in [4.78, 5) is 4.21. The van der Waals surface area contributed by atoms with Crippen molar-refractivity contribution in [1.82, 2.24) is 4.98 Å². The lowest BCUT2D eigenvalue weighted by Crippen LogP contribution is -1.99. The molecule has 1 heterocycles. The topological polar surface area (TPSA) is 22.1 Å². The highest BCUT2D eigenvalue weighted by atomic mass is 35.5. The monoisotopic (exact) mass is 305 g/mol. The van der Waals surface area contributed by atoms with E-state index in [0.29, 0.717) is 18.4 Å². The Bertz CT molecular complexity index is 638. The normalized spacial score (nSPS) is 14.2. The number of halogens is 2. The fraction of sp³-hybridized carbons (Fsp3) is 0.353. The van der Waals surface area contributed by atoms with E-state index in [1.54, 1.807) is 6.07 Å². The van der Waals surface area contributed by atoms with Gasteiger partial charge in [0.2, 0.25) is 0 Å². The molecule has 21 heavy (non-hydrogen) atoms. The zero-order chi connectivity index (χ0) is 14.8. The second-order valence-electron chi connectivity index (χ2n) is 5.25. The molecule has 1 fully saturated rings. The minimum Gasteiger partial charge on any atom is -0.494 e. The van der Waals surface area contributed by atoms with E-state index >= 15 is 0 Å². The van der Waals surface area contributed by atoms with Crippen molar-refractivity contribution in [3.05, 3.63) is 47.4 Å². The summed E-state index contributed by atoms with van der Waals surface area (Å²) in [6, 6.07) is 7.27. The second-order valence-corrected chi connectivity index (χ2v) is 5.52. The van der Waals surface area contributed by atoms with E-state index in [1.807, 2.05) is 13.0 Å². The SMILES string of the molecule is CCOc1cc(-c2ccc(F)cn2)c(C2CC2)cc1CCl. The molecule has 2 nitrogen and oxygen atoms in total. The molecule has 0 unspecified atom stereocenters. The lowest BCUT2D eigenvalue weighted by Gasteiger charge is -2.15. The molecule has 0 bridgehead atoms. The second kappa shape index (κ2) is 6.02. The van der Waals surface area contributed by atoms with Crippen LogP contribution in [-0.4, -0.2) is 11.6 Å². The molecule has 0 atom stereocenters. The van der Waals surface area contributed by atoms with Crippen LogP contribution in [0.15, 0.2) is 30.5 Å². The van der Waals surface area contributed by atoms with Gasteiger partial charge in [0.1, 0.15) is 11.6 Å². The Kier molecular flexibility index (Phi) is 4.11. The molecule has 1 aromatic carbocycles. The van der Waals surface area contributed by atoms with Crippen molar-refractivity contribution in [2.24, 2.45) is 0 Å². The average molecular weight is 306 g/mol. The third kappa shape index (κ3) is 3.03. The number of hydrogen-bond acceptors (Lipinski definition) is 2. The smallest absolute Gasteiger partial charge is 0.141 e. The number of nitrogens with zero attached hydrogens (tertiary/aromatic N) is 1. The number of benzene rings is 1. The van der Waals surface area contributed by atoms with Crippen molar-refractivity contribution in [3.63, 3.8) is 0 Å². The van der Waals surface area contributed by atoms with Gasteiger partial charge in [-0.3, -0.25) is 4.98 Å². The summed E-state index contributed by atoms with van der Waals surface area (Å²) < 4.78 is 18.8. The predicted octanol–water partition coefficient (Wildman–Crippen LogP) is 4.90. The largest absolute Gasteiger partial charge is 0.494 e. The molecule has 0 N–H and O–H groups in total. The van der Waals surface area contributed by atoms with Gasteiger partial charge in [0, 0.05) is 11.1 Å². The summed E-state index contributed by atoms with van der Waals surface area (Å²) in [5, 5.41) is 0. The summed E-state index contributed by atoms with van der Waals surface area (Å²) in [6.45, 7) is 2.53. The van der Waals surface area contributed by atoms with Gasteiger partial charge in [-0.25, -0.2) is 4.39 Å². The lowest BCUT2D eigenvalue weighted by molar-refractivity contribution is 0.337. The Labute approximate surface area is 128 Å². The van der Waals surface area contributed by atoms with Crippen molar-refractivity contribution in [2.75, 3.05) is 6.61 Å². The summed E-state index contributed by atoms with van der Waals surface area (Å²) >= 11 is 6.04. The fourth-order valence-electron chi connectivity index (χ4n) is 2.53. The summed E-state index contributed by atoms with van der Waals surface area (Å²) in [5.74, 6) is 1.45. The standard InChI is InChI=1S/C17H17ClFNO/c1-2-21-17-8-15(16-6-5-13(19)10-20-16)14(11-3-4-11)7-12(17)9-18/h5-8,10-11H,2-4,9H2,1H3. The first-order chi connectivity index (χ1) is 10.2. The summed E-state index contributed by atoms with van der Waals surface area (Å²) in [7, 11) is 0. The molecule has 1 saturated carbocycles. The van der Waals surface area contributed by atoms with E-state index < -0.39 is 0 Å². The zero-order valence-electron chi connectivity index (χ0n) is 11.9.